The number of nitrogens with one attached hydrogen (secondary N) is 1. The van der Waals surface area contributed by atoms with E-state index in [-0.39, 0.29) is 17.5 Å². The summed E-state index contributed by atoms with van der Waals surface area (Å²) in [5.74, 6) is 1.32. The Balaban J connectivity index is 1.89. The molecule has 1 saturated carbocycles. The molecule has 1 fully saturated rings. The molecule has 3 aromatic carbocycles. The Kier molecular flexibility index (Phi) is 8.35. The first-order valence-electron chi connectivity index (χ1n) is 13.3. The van der Waals surface area contributed by atoms with Crippen molar-refractivity contribution in [2.75, 3.05) is 0 Å². The molecule has 6 atom stereocenters. The summed E-state index contributed by atoms with van der Waals surface area (Å²) in [6.07, 6.45) is 3.42. The molecule has 4 rings (SSSR count). The second-order valence-corrected chi connectivity index (χ2v) is 14.2. The Morgan fingerprint density at radius 2 is 1.40 bits per heavy atom. The van der Waals surface area contributed by atoms with E-state index in [9.17, 15) is 0 Å². The molecule has 0 aromatic heterocycles. The maximum atomic E-state index is 15.9. The van der Waals surface area contributed by atoms with Crippen molar-refractivity contribution in [3.05, 3.63) is 102 Å². The number of hydrogen-bond acceptors (Lipinski definition) is 2. The van der Waals surface area contributed by atoms with Gasteiger partial charge in [-0.05, 0) is 55.6 Å². The van der Waals surface area contributed by atoms with E-state index in [1.54, 1.807) is 0 Å². The molecule has 3 heteroatoms. The van der Waals surface area contributed by atoms with Gasteiger partial charge in [0.2, 0.25) is 0 Å². The van der Waals surface area contributed by atoms with E-state index < -0.39 is 7.14 Å². The smallest absolute Gasteiger partial charge is 0.139 e. The lowest BCUT2D eigenvalue weighted by atomic mass is 9.77. The number of aryl methyl sites for hydroxylation is 1. The van der Waals surface area contributed by atoms with Crippen molar-refractivity contribution in [1.82, 2.24) is 5.32 Å². The van der Waals surface area contributed by atoms with E-state index in [0.717, 1.165) is 23.7 Å². The molecule has 0 bridgehead atoms. The van der Waals surface area contributed by atoms with Crippen molar-refractivity contribution in [2.24, 2.45) is 17.8 Å². The molecule has 0 spiro atoms. The molecule has 0 saturated heterocycles. The zero-order valence-electron chi connectivity index (χ0n) is 22.0. The highest BCUT2D eigenvalue weighted by molar-refractivity contribution is 7.72. The topological polar surface area (TPSA) is 29.1 Å². The van der Waals surface area contributed by atoms with Gasteiger partial charge in [-0.25, -0.2) is 0 Å². The molecule has 0 heterocycles. The van der Waals surface area contributed by atoms with Gasteiger partial charge in [0.25, 0.3) is 0 Å². The van der Waals surface area contributed by atoms with E-state index in [2.05, 4.69) is 119 Å². The summed E-state index contributed by atoms with van der Waals surface area (Å²) < 4.78 is 15.9. The largest absolute Gasteiger partial charge is 0.316 e. The molecular formula is C32H42NOP. The van der Waals surface area contributed by atoms with E-state index in [0.29, 0.717) is 17.8 Å². The van der Waals surface area contributed by atoms with Crippen molar-refractivity contribution in [3.8, 4) is 0 Å². The minimum absolute atomic E-state index is 0.0815. The Bertz CT molecular complexity index is 1110. The van der Waals surface area contributed by atoms with Crippen LogP contribution in [0.2, 0.25) is 0 Å². The average molecular weight is 488 g/mol. The Hall–Kier alpha value is -2.15. The third-order valence-electron chi connectivity index (χ3n) is 8.12. The van der Waals surface area contributed by atoms with Crippen LogP contribution in [0.5, 0.6) is 0 Å². The molecule has 35 heavy (non-hydrogen) atoms. The maximum absolute atomic E-state index is 15.9. The van der Waals surface area contributed by atoms with Crippen molar-refractivity contribution >= 4 is 12.4 Å². The first-order valence-corrected chi connectivity index (χ1v) is 15.2. The molecule has 0 amide bonds. The first-order chi connectivity index (χ1) is 16.8. The van der Waals surface area contributed by atoms with Crippen molar-refractivity contribution < 1.29 is 4.57 Å². The quantitative estimate of drug-likeness (QED) is 0.323. The molecule has 1 N–H and O–H groups in total. The molecule has 1 unspecified atom stereocenters. The van der Waals surface area contributed by atoms with Crippen LogP contribution in [0.25, 0.3) is 0 Å². The van der Waals surface area contributed by atoms with Gasteiger partial charge in [0.1, 0.15) is 7.14 Å². The van der Waals surface area contributed by atoms with Crippen LogP contribution < -0.4 is 10.6 Å². The van der Waals surface area contributed by atoms with Gasteiger partial charge in [0, 0.05) is 17.0 Å². The number of rotatable bonds is 8. The second-order valence-electron chi connectivity index (χ2n) is 11.1. The van der Waals surface area contributed by atoms with E-state index in [4.69, 9.17) is 0 Å². The highest BCUT2D eigenvalue weighted by atomic mass is 31.2. The summed E-state index contributed by atoms with van der Waals surface area (Å²) in [4.78, 5) is 0. The Labute approximate surface area is 212 Å². The molecule has 186 valence electrons. The summed E-state index contributed by atoms with van der Waals surface area (Å²) in [6, 6.07) is 29.7. The summed E-state index contributed by atoms with van der Waals surface area (Å²) in [5, 5.41) is 4.93. The van der Waals surface area contributed by atoms with Crippen LogP contribution in [0.15, 0.2) is 84.9 Å². The SMILES string of the molecule is Cc1ccc([C@@H](N[C@@H](C)c2ccccc2)[P@](=O)(c2ccccc2)C2C[C@H](C)CC[C@H]2C(C)C)cc1. The number of benzene rings is 3. The fourth-order valence-electron chi connectivity index (χ4n) is 6.04. The van der Waals surface area contributed by atoms with Crippen molar-refractivity contribution in [3.63, 3.8) is 0 Å². The minimum atomic E-state index is -2.93. The lowest BCUT2D eigenvalue weighted by molar-refractivity contribution is 0.235. The van der Waals surface area contributed by atoms with Crippen LogP contribution in [0.3, 0.4) is 0 Å². The zero-order chi connectivity index (χ0) is 25.0. The van der Waals surface area contributed by atoms with Gasteiger partial charge in [-0.15, -0.1) is 0 Å². The van der Waals surface area contributed by atoms with Gasteiger partial charge < -0.3 is 4.57 Å². The fourth-order valence-corrected chi connectivity index (χ4v) is 10.5. The fraction of sp³-hybridized carbons (Fsp3) is 0.438. The van der Waals surface area contributed by atoms with Gasteiger partial charge >= 0.3 is 0 Å². The van der Waals surface area contributed by atoms with Crippen LogP contribution in [0.1, 0.15) is 75.5 Å². The second kappa shape index (κ2) is 11.3. The predicted molar refractivity (Wildman–Crippen MR) is 151 cm³/mol. The molecular weight excluding hydrogens is 445 g/mol. The number of hydrogen-bond donors (Lipinski definition) is 1. The molecule has 0 radical (unpaired) electrons. The van der Waals surface area contributed by atoms with Gasteiger partial charge in [-0.2, -0.15) is 0 Å². The highest BCUT2D eigenvalue weighted by Crippen LogP contribution is 2.66. The van der Waals surface area contributed by atoms with Crippen LogP contribution in [0.4, 0.5) is 0 Å². The summed E-state index contributed by atoms with van der Waals surface area (Å²) >= 11 is 0. The third kappa shape index (κ3) is 5.65. The highest BCUT2D eigenvalue weighted by Gasteiger charge is 2.48. The standard InChI is InChI=1S/C32H42NOP/c1-23(2)30-21-18-25(4)22-31(30)35(34,29-14-10-7-11-15-29)32(28-19-16-24(3)17-20-28)33-26(5)27-12-8-6-9-13-27/h6-17,19-20,23,25-26,30-33H,18,21-22H2,1-5H3/t25-,26+,30+,31?,32+,35+/m1/s1. The average Bonchev–Trinajstić information content (AvgIpc) is 2.88. The Morgan fingerprint density at radius 3 is 2.00 bits per heavy atom. The van der Waals surface area contributed by atoms with E-state index >= 15 is 4.57 Å². The predicted octanol–water partition coefficient (Wildman–Crippen LogP) is 8.49. The molecule has 0 aliphatic heterocycles. The van der Waals surface area contributed by atoms with Crippen LogP contribution in [0, 0.1) is 24.7 Å². The maximum Gasteiger partial charge on any atom is 0.139 e. The van der Waals surface area contributed by atoms with Crippen molar-refractivity contribution in [1.29, 1.82) is 0 Å². The van der Waals surface area contributed by atoms with E-state index in [1.807, 2.05) is 6.07 Å². The van der Waals surface area contributed by atoms with Gasteiger partial charge in [0.15, 0.2) is 0 Å². The van der Waals surface area contributed by atoms with Gasteiger partial charge in [-0.3, -0.25) is 5.32 Å². The molecule has 1 aliphatic rings. The van der Waals surface area contributed by atoms with Crippen molar-refractivity contribution in [2.45, 2.75) is 71.4 Å². The molecule has 3 aromatic rings. The Morgan fingerprint density at radius 1 is 0.800 bits per heavy atom. The lowest BCUT2D eigenvalue weighted by Crippen LogP contribution is -2.39. The normalized spacial score (nSPS) is 24.0. The first kappa shape index (κ1) is 25.9. The third-order valence-corrected chi connectivity index (χ3v) is 12.0. The van der Waals surface area contributed by atoms with Crippen LogP contribution in [-0.4, -0.2) is 5.66 Å². The molecule has 2 nitrogen and oxygen atoms in total. The summed E-state index contributed by atoms with van der Waals surface area (Å²) in [7, 11) is -2.93. The molecule has 1 aliphatic carbocycles. The monoisotopic (exact) mass is 487 g/mol. The van der Waals surface area contributed by atoms with E-state index in [1.165, 1.54) is 17.5 Å². The van der Waals surface area contributed by atoms with Gasteiger partial charge in [0.05, 0.1) is 5.78 Å². The zero-order valence-corrected chi connectivity index (χ0v) is 22.9. The van der Waals surface area contributed by atoms with Crippen LogP contribution >= 0.6 is 7.14 Å². The minimum Gasteiger partial charge on any atom is -0.316 e. The summed E-state index contributed by atoms with van der Waals surface area (Å²) in [6.45, 7) is 11.3. The van der Waals surface area contributed by atoms with Crippen LogP contribution in [-0.2, 0) is 4.57 Å². The van der Waals surface area contributed by atoms with Gasteiger partial charge in [-0.1, -0.05) is 118 Å². The lowest BCUT2D eigenvalue weighted by Gasteiger charge is -2.45. The summed E-state index contributed by atoms with van der Waals surface area (Å²) in [5.41, 5.74) is 3.74.